The van der Waals surface area contributed by atoms with Crippen molar-refractivity contribution in [3.05, 3.63) is 76.3 Å². The van der Waals surface area contributed by atoms with E-state index in [-0.39, 0.29) is 23.0 Å². The first-order chi connectivity index (χ1) is 10.7. The van der Waals surface area contributed by atoms with Gasteiger partial charge in [-0.2, -0.15) is 0 Å². The molecule has 0 radical (unpaired) electrons. The highest BCUT2D eigenvalue weighted by molar-refractivity contribution is 5.57. The van der Waals surface area contributed by atoms with Crippen LogP contribution in [0.2, 0.25) is 0 Å². The van der Waals surface area contributed by atoms with E-state index in [0.717, 1.165) is 5.56 Å². The molecule has 0 fully saturated rings. The van der Waals surface area contributed by atoms with Crippen LogP contribution in [0.1, 0.15) is 5.56 Å². The SMILES string of the molecule is O=c1[nH]c(NCc2ccc(F)cc2)nnc1-c1ccccc1. The van der Waals surface area contributed by atoms with Gasteiger partial charge in [0.1, 0.15) is 5.82 Å². The van der Waals surface area contributed by atoms with E-state index in [1.165, 1.54) is 12.1 Å². The number of rotatable bonds is 4. The summed E-state index contributed by atoms with van der Waals surface area (Å²) >= 11 is 0. The van der Waals surface area contributed by atoms with Crippen LogP contribution in [-0.4, -0.2) is 15.2 Å². The molecular weight excluding hydrogens is 283 g/mol. The van der Waals surface area contributed by atoms with Crippen molar-refractivity contribution in [2.24, 2.45) is 0 Å². The van der Waals surface area contributed by atoms with Gasteiger partial charge >= 0.3 is 0 Å². The molecule has 0 saturated heterocycles. The number of hydrogen-bond acceptors (Lipinski definition) is 4. The molecule has 110 valence electrons. The molecule has 2 aromatic carbocycles. The number of aromatic amines is 1. The van der Waals surface area contributed by atoms with Crippen LogP contribution in [0, 0.1) is 5.82 Å². The summed E-state index contributed by atoms with van der Waals surface area (Å²) in [5, 5.41) is 10.9. The maximum Gasteiger partial charge on any atom is 0.279 e. The second-order valence-corrected chi connectivity index (χ2v) is 4.70. The second kappa shape index (κ2) is 6.17. The van der Waals surface area contributed by atoms with E-state index in [9.17, 15) is 9.18 Å². The smallest absolute Gasteiger partial charge is 0.279 e. The molecule has 0 bridgehead atoms. The minimum Gasteiger partial charge on any atom is -0.350 e. The Morgan fingerprint density at radius 3 is 2.41 bits per heavy atom. The Labute approximate surface area is 125 Å². The highest BCUT2D eigenvalue weighted by Gasteiger charge is 2.06. The highest BCUT2D eigenvalue weighted by atomic mass is 19.1. The number of aromatic nitrogens is 3. The number of anilines is 1. The van der Waals surface area contributed by atoms with Crippen molar-refractivity contribution >= 4 is 5.95 Å². The normalized spacial score (nSPS) is 10.4. The monoisotopic (exact) mass is 296 g/mol. The summed E-state index contributed by atoms with van der Waals surface area (Å²) in [6.45, 7) is 0.412. The first-order valence-corrected chi connectivity index (χ1v) is 6.73. The second-order valence-electron chi connectivity index (χ2n) is 4.70. The Morgan fingerprint density at radius 1 is 1.00 bits per heavy atom. The zero-order chi connectivity index (χ0) is 15.4. The van der Waals surface area contributed by atoms with E-state index < -0.39 is 0 Å². The Morgan fingerprint density at radius 2 is 1.73 bits per heavy atom. The maximum atomic E-state index is 12.8. The molecule has 0 aliphatic rings. The van der Waals surface area contributed by atoms with E-state index >= 15 is 0 Å². The fraction of sp³-hybridized carbons (Fsp3) is 0.0625. The minimum atomic E-state index is -0.317. The third kappa shape index (κ3) is 3.17. The quantitative estimate of drug-likeness (QED) is 0.776. The number of H-pyrrole nitrogens is 1. The van der Waals surface area contributed by atoms with Crippen LogP contribution >= 0.6 is 0 Å². The Kier molecular flexibility index (Phi) is 3.91. The van der Waals surface area contributed by atoms with Crippen molar-refractivity contribution in [3.8, 4) is 11.3 Å². The highest BCUT2D eigenvalue weighted by Crippen LogP contribution is 2.11. The van der Waals surface area contributed by atoms with Gasteiger partial charge in [-0.05, 0) is 17.7 Å². The maximum absolute atomic E-state index is 12.8. The topological polar surface area (TPSA) is 70.7 Å². The Balaban J connectivity index is 1.75. The molecule has 1 aromatic heterocycles. The summed E-state index contributed by atoms with van der Waals surface area (Å²) in [5.74, 6) is -0.0156. The third-order valence-corrected chi connectivity index (χ3v) is 3.12. The first-order valence-electron chi connectivity index (χ1n) is 6.73. The zero-order valence-electron chi connectivity index (χ0n) is 11.6. The lowest BCUT2D eigenvalue weighted by atomic mass is 10.2. The van der Waals surface area contributed by atoms with Crippen molar-refractivity contribution in [3.63, 3.8) is 0 Å². The van der Waals surface area contributed by atoms with Crippen LogP contribution < -0.4 is 10.9 Å². The van der Waals surface area contributed by atoms with Crippen LogP contribution in [-0.2, 0) is 6.54 Å². The Hall–Kier alpha value is -3.02. The molecular formula is C16H13FN4O. The molecule has 3 rings (SSSR count). The van der Waals surface area contributed by atoms with Gasteiger partial charge in [-0.1, -0.05) is 42.5 Å². The van der Waals surface area contributed by atoms with Gasteiger partial charge < -0.3 is 5.32 Å². The van der Waals surface area contributed by atoms with Crippen molar-refractivity contribution in [2.45, 2.75) is 6.54 Å². The summed E-state index contributed by atoms with van der Waals surface area (Å²) < 4.78 is 12.8. The Bertz CT molecular complexity index is 816. The van der Waals surface area contributed by atoms with Crippen molar-refractivity contribution in [1.82, 2.24) is 15.2 Å². The summed E-state index contributed by atoms with van der Waals surface area (Å²) in [6.07, 6.45) is 0. The van der Waals surface area contributed by atoms with Gasteiger partial charge in [0, 0.05) is 12.1 Å². The molecule has 0 spiro atoms. The summed E-state index contributed by atoms with van der Waals surface area (Å²) in [4.78, 5) is 14.7. The van der Waals surface area contributed by atoms with Crippen molar-refractivity contribution in [1.29, 1.82) is 0 Å². The molecule has 6 heteroatoms. The predicted molar refractivity (Wildman–Crippen MR) is 81.8 cm³/mol. The van der Waals surface area contributed by atoms with Gasteiger partial charge in [0.05, 0.1) is 0 Å². The predicted octanol–water partition coefficient (Wildman–Crippen LogP) is 2.58. The van der Waals surface area contributed by atoms with E-state index in [2.05, 4.69) is 20.5 Å². The molecule has 0 aliphatic heterocycles. The average Bonchev–Trinajstić information content (AvgIpc) is 2.55. The molecule has 0 saturated carbocycles. The summed E-state index contributed by atoms with van der Waals surface area (Å²) in [6, 6.07) is 15.2. The van der Waals surface area contributed by atoms with Gasteiger partial charge in [-0.3, -0.25) is 9.78 Å². The van der Waals surface area contributed by atoms with Gasteiger partial charge in [0.25, 0.3) is 5.56 Å². The lowest BCUT2D eigenvalue weighted by Gasteiger charge is -2.05. The molecule has 5 nitrogen and oxygen atoms in total. The lowest BCUT2D eigenvalue weighted by Crippen LogP contribution is -2.16. The van der Waals surface area contributed by atoms with Gasteiger partial charge in [-0.15, -0.1) is 10.2 Å². The number of hydrogen-bond donors (Lipinski definition) is 2. The van der Waals surface area contributed by atoms with E-state index in [4.69, 9.17) is 0 Å². The van der Waals surface area contributed by atoms with E-state index in [1.54, 1.807) is 24.3 Å². The molecule has 0 aliphatic carbocycles. The number of halogens is 1. The minimum absolute atomic E-state index is 0.271. The van der Waals surface area contributed by atoms with Crippen molar-refractivity contribution < 1.29 is 4.39 Å². The molecule has 22 heavy (non-hydrogen) atoms. The van der Waals surface area contributed by atoms with Crippen LogP contribution in [0.5, 0.6) is 0 Å². The zero-order valence-corrected chi connectivity index (χ0v) is 11.6. The standard InChI is InChI=1S/C16H13FN4O/c17-13-8-6-11(7-9-13)10-18-16-19-15(22)14(20-21-16)12-4-2-1-3-5-12/h1-9H,10H2,(H2,18,19,21,22). The van der Waals surface area contributed by atoms with Crippen molar-refractivity contribution in [2.75, 3.05) is 5.32 Å². The largest absolute Gasteiger partial charge is 0.350 e. The summed E-state index contributed by atoms with van der Waals surface area (Å²) in [5.41, 5.74) is 1.54. The lowest BCUT2D eigenvalue weighted by molar-refractivity contribution is 0.627. The van der Waals surface area contributed by atoms with Gasteiger partial charge in [0.2, 0.25) is 5.95 Å². The van der Waals surface area contributed by atoms with Crippen LogP contribution in [0.4, 0.5) is 10.3 Å². The van der Waals surface area contributed by atoms with Crippen LogP contribution in [0.25, 0.3) is 11.3 Å². The fourth-order valence-corrected chi connectivity index (χ4v) is 1.99. The number of nitrogens with one attached hydrogen (secondary N) is 2. The summed E-state index contributed by atoms with van der Waals surface area (Å²) in [7, 11) is 0. The molecule has 0 atom stereocenters. The third-order valence-electron chi connectivity index (χ3n) is 3.12. The van der Waals surface area contributed by atoms with E-state index in [0.29, 0.717) is 12.1 Å². The van der Waals surface area contributed by atoms with Crippen LogP contribution in [0.15, 0.2) is 59.4 Å². The average molecular weight is 296 g/mol. The molecule has 0 unspecified atom stereocenters. The van der Waals surface area contributed by atoms with Gasteiger partial charge in [-0.25, -0.2) is 4.39 Å². The number of benzene rings is 2. The molecule has 2 N–H and O–H groups in total. The van der Waals surface area contributed by atoms with Crippen LogP contribution in [0.3, 0.4) is 0 Å². The van der Waals surface area contributed by atoms with E-state index in [1.807, 2.05) is 18.2 Å². The first kappa shape index (κ1) is 13.9. The molecule has 3 aromatic rings. The molecule has 0 amide bonds. The van der Waals surface area contributed by atoms with Gasteiger partial charge in [0.15, 0.2) is 5.69 Å². The fourth-order valence-electron chi connectivity index (χ4n) is 1.99. The molecule has 1 heterocycles. The number of nitrogens with zero attached hydrogens (tertiary/aromatic N) is 2.